The highest BCUT2D eigenvalue weighted by molar-refractivity contribution is 5.82. The molecular formula is C24H32N4O. The number of nitrogens with one attached hydrogen (secondary N) is 2. The average Bonchev–Trinajstić information content (AvgIpc) is 3.19. The number of carbonyl (C=O) groups excluding carboxylic acids is 1. The van der Waals surface area contributed by atoms with Crippen molar-refractivity contribution in [3.05, 3.63) is 64.2 Å². The van der Waals surface area contributed by atoms with Crippen molar-refractivity contribution in [2.45, 2.75) is 46.2 Å². The number of hydrazine groups is 1. The van der Waals surface area contributed by atoms with Crippen LogP contribution in [0.4, 0.5) is 5.69 Å². The molecule has 0 aromatic heterocycles. The van der Waals surface area contributed by atoms with E-state index in [1.807, 2.05) is 4.90 Å². The van der Waals surface area contributed by atoms with Crippen molar-refractivity contribution < 1.29 is 4.79 Å². The molecule has 0 spiro atoms. The second-order valence-electron chi connectivity index (χ2n) is 8.52. The molecule has 29 heavy (non-hydrogen) atoms. The molecule has 0 saturated carbocycles. The first kappa shape index (κ1) is 19.9. The zero-order valence-electron chi connectivity index (χ0n) is 18.0. The van der Waals surface area contributed by atoms with E-state index in [-0.39, 0.29) is 18.0 Å². The minimum Gasteiger partial charge on any atom is -0.368 e. The summed E-state index contributed by atoms with van der Waals surface area (Å²) in [4.78, 5) is 17.5. The summed E-state index contributed by atoms with van der Waals surface area (Å²) >= 11 is 0. The zero-order chi connectivity index (χ0) is 20.5. The van der Waals surface area contributed by atoms with E-state index >= 15 is 0 Å². The van der Waals surface area contributed by atoms with Gasteiger partial charge in [0, 0.05) is 37.9 Å². The van der Waals surface area contributed by atoms with Crippen molar-refractivity contribution in [2.24, 2.45) is 0 Å². The van der Waals surface area contributed by atoms with E-state index in [0.717, 1.165) is 32.6 Å². The Morgan fingerprint density at radius 3 is 2.41 bits per heavy atom. The highest BCUT2D eigenvalue weighted by atomic mass is 16.2. The molecule has 0 aliphatic carbocycles. The maximum atomic E-state index is 13.1. The third-order valence-corrected chi connectivity index (χ3v) is 6.51. The summed E-state index contributed by atoms with van der Waals surface area (Å²) in [7, 11) is 0. The minimum absolute atomic E-state index is 0.159. The molecule has 154 valence electrons. The normalized spacial score (nSPS) is 22.2. The topological polar surface area (TPSA) is 47.6 Å². The Kier molecular flexibility index (Phi) is 5.61. The zero-order valence-corrected chi connectivity index (χ0v) is 18.0. The number of anilines is 1. The maximum Gasteiger partial charge on any atom is 0.241 e. The van der Waals surface area contributed by atoms with Crippen LogP contribution in [-0.2, 0) is 4.79 Å². The van der Waals surface area contributed by atoms with Crippen LogP contribution in [0.2, 0.25) is 0 Å². The van der Waals surface area contributed by atoms with Crippen molar-refractivity contribution in [2.75, 3.05) is 31.1 Å². The number of hydrogen-bond donors (Lipinski definition) is 2. The summed E-state index contributed by atoms with van der Waals surface area (Å²) in [5, 5.41) is 0. The van der Waals surface area contributed by atoms with E-state index in [4.69, 9.17) is 0 Å². The molecule has 2 fully saturated rings. The van der Waals surface area contributed by atoms with E-state index in [2.05, 4.69) is 79.8 Å². The molecule has 2 aromatic carbocycles. The number of piperazine rings is 1. The number of carbonyl (C=O) groups is 1. The van der Waals surface area contributed by atoms with Gasteiger partial charge in [0.2, 0.25) is 5.91 Å². The number of aryl methyl sites for hydroxylation is 3. The fourth-order valence-corrected chi connectivity index (χ4v) is 4.60. The lowest BCUT2D eigenvalue weighted by Crippen LogP contribution is -2.53. The fraction of sp³-hybridized carbons (Fsp3) is 0.458. The van der Waals surface area contributed by atoms with Crippen molar-refractivity contribution in [3.63, 3.8) is 0 Å². The van der Waals surface area contributed by atoms with E-state index < -0.39 is 0 Å². The van der Waals surface area contributed by atoms with E-state index in [1.54, 1.807) is 0 Å². The second-order valence-corrected chi connectivity index (χ2v) is 8.52. The summed E-state index contributed by atoms with van der Waals surface area (Å²) in [5.41, 5.74) is 14.4. The molecule has 2 saturated heterocycles. The van der Waals surface area contributed by atoms with Crippen molar-refractivity contribution in [1.82, 2.24) is 15.8 Å². The Bertz CT molecular complexity index is 902. The second kappa shape index (κ2) is 8.17. The highest BCUT2D eigenvalue weighted by Crippen LogP contribution is 2.27. The molecule has 2 N–H and O–H groups in total. The third kappa shape index (κ3) is 4.02. The number of hydrogen-bond acceptors (Lipinski definition) is 4. The SMILES string of the molecule is Cc1ccc(C2CC(C(=O)N3CCN(c4cccc(C)c4C)CC3)NN2)c(C)c1. The van der Waals surface area contributed by atoms with Gasteiger partial charge in [-0.15, -0.1) is 0 Å². The van der Waals surface area contributed by atoms with E-state index in [0.29, 0.717) is 0 Å². The van der Waals surface area contributed by atoms with Crippen LogP contribution in [0.25, 0.3) is 0 Å². The van der Waals surface area contributed by atoms with Gasteiger partial charge in [0.1, 0.15) is 6.04 Å². The van der Waals surface area contributed by atoms with Crippen LogP contribution in [0.15, 0.2) is 36.4 Å². The molecule has 2 aliphatic heterocycles. The molecule has 2 atom stereocenters. The molecule has 2 aliphatic rings. The molecule has 2 heterocycles. The number of benzene rings is 2. The fourth-order valence-electron chi connectivity index (χ4n) is 4.60. The molecule has 0 radical (unpaired) electrons. The lowest BCUT2D eigenvalue weighted by molar-refractivity contribution is -0.133. The third-order valence-electron chi connectivity index (χ3n) is 6.51. The van der Waals surface area contributed by atoms with Crippen molar-refractivity contribution in [3.8, 4) is 0 Å². The molecule has 5 nitrogen and oxygen atoms in total. The first-order valence-electron chi connectivity index (χ1n) is 10.6. The van der Waals surface area contributed by atoms with Gasteiger partial charge in [-0.1, -0.05) is 35.9 Å². The summed E-state index contributed by atoms with van der Waals surface area (Å²) in [6, 6.07) is 13.0. The first-order valence-corrected chi connectivity index (χ1v) is 10.6. The van der Waals surface area contributed by atoms with Gasteiger partial charge in [0.05, 0.1) is 0 Å². The molecule has 0 bridgehead atoms. The monoisotopic (exact) mass is 392 g/mol. The molecule has 4 rings (SSSR count). The van der Waals surface area contributed by atoms with Crippen LogP contribution >= 0.6 is 0 Å². The van der Waals surface area contributed by atoms with Gasteiger partial charge in [0.25, 0.3) is 0 Å². The van der Waals surface area contributed by atoms with Crippen LogP contribution < -0.4 is 15.8 Å². The number of rotatable bonds is 3. The smallest absolute Gasteiger partial charge is 0.241 e. The molecule has 5 heteroatoms. The predicted molar refractivity (Wildman–Crippen MR) is 118 cm³/mol. The van der Waals surface area contributed by atoms with Gasteiger partial charge in [-0.3, -0.25) is 4.79 Å². The number of nitrogens with zero attached hydrogens (tertiary/aromatic N) is 2. The maximum absolute atomic E-state index is 13.1. The largest absolute Gasteiger partial charge is 0.368 e. The summed E-state index contributed by atoms with van der Waals surface area (Å²) in [5.74, 6) is 0.213. The van der Waals surface area contributed by atoms with Gasteiger partial charge in [-0.2, -0.15) is 0 Å². The minimum atomic E-state index is -0.159. The Labute approximate surface area is 174 Å². The van der Waals surface area contributed by atoms with Gasteiger partial charge in [-0.25, -0.2) is 10.9 Å². The van der Waals surface area contributed by atoms with Crippen LogP contribution in [0.1, 0.15) is 40.3 Å². The standard InChI is InChI=1S/C24H32N4O/c1-16-8-9-20(18(3)14-16)21-15-22(26-25-21)24(29)28-12-10-27(11-13-28)23-7-5-6-17(2)19(23)4/h5-9,14,21-22,25-26H,10-13,15H2,1-4H3. The van der Waals surface area contributed by atoms with Gasteiger partial charge < -0.3 is 9.80 Å². The summed E-state index contributed by atoms with van der Waals surface area (Å²) in [6.07, 6.45) is 0.792. The Balaban J connectivity index is 1.36. The first-order chi connectivity index (χ1) is 13.9. The highest BCUT2D eigenvalue weighted by Gasteiger charge is 2.34. The quantitative estimate of drug-likeness (QED) is 0.842. The Hall–Kier alpha value is -2.37. The van der Waals surface area contributed by atoms with Crippen LogP contribution in [0, 0.1) is 27.7 Å². The van der Waals surface area contributed by atoms with E-state index in [1.165, 1.54) is 33.5 Å². The summed E-state index contributed by atoms with van der Waals surface area (Å²) < 4.78 is 0. The van der Waals surface area contributed by atoms with Crippen molar-refractivity contribution >= 4 is 11.6 Å². The lowest BCUT2D eigenvalue weighted by Gasteiger charge is -2.38. The average molecular weight is 393 g/mol. The molecular weight excluding hydrogens is 360 g/mol. The van der Waals surface area contributed by atoms with Gasteiger partial charge in [0.15, 0.2) is 0 Å². The van der Waals surface area contributed by atoms with Crippen LogP contribution in [-0.4, -0.2) is 43.0 Å². The molecule has 2 aromatic rings. The lowest BCUT2D eigenvalue weighted by atomic mass is 9.96. The predicted octanol–water partition coefficient (Wildman–Crippen LogP) is 3.18. The molecule has 1 amide bonds. The summed E-state index contributed by atoms with van der Waals surface area (Å²) in [6.45, 7) is 11.9. The Morgan fingerprint density at radius 2 is 1.69 bits per heavy atom. The van der Waals surface area contributed by atoms with Gasteiger partial charge in [-0.05, 0) is 62.4 Å². The van der Waals surface area contributed by atoms with Gasteiger partial charge >= 0.3 is 0 Å². The van der Waals surface area contributed by atoms with Crippen molar-refractivity contribution in [1.29, 1.82) is 0 Å². The molecule has 2 unspecified atom stereocenters. The van der Waals surface area contributed by atoms with Crippen LogP contribution in [0.5, 0.6) is 0 Å². The van der Waals surface area contributed by atoms with Crippen LogP contribution in [0.3, 0.4) is 0 Å². The van der Waals surface area contributed by atoms with E-state index in [9.17, 15) is 4.79 Å². The Morgan fingerprint density at radius 1 is 0.931 bits per heavy atom. The number of amides is 1.